The van der Waals surface area contributed by atoms with Gasteiger partial charge in [-0.1, -0.05) is 43.2 Å². The van der Waals surface area contributed by atoms with E-state index in [2.05, 4.69) is 52.4 Å². The number of benzene rings is 2. The Kier molecular flexibility index (Phi) is 5.70. The van der Waals surface area contributed by atoms with Crippen LogP contribution in [0.5, 0.6) is 5.75 Å². The molecule has 28 heavy (non-hydrogen) atoms. The van der Waals surface area contributed by atoms with Crippen LogP contribution < -0.4 is 10.1 Å². The van der Waals surface area contributed by atoms with Gasteiger partial charge in [0.2, 0.25) is 5.13 Å². The molecule has 0 fully saturated rings. The van der Waals surface area contributed by atoms with Crippen LogP contribution in [0.3, 0.4) is 0 Å². The van der Waals surface area contributed by atoms with Gasteiger partial charge < -0.3 is 10.1 Å². The van der Waals surface area contributed by atoms with Crippen molar-refractivity contribution in [2.75, 3.05) is 12.4 Å². The molecule has 0 aliphatic rings. The highest BCUT2D eigenvalue weighted by molar-refractivity contribution is 9.10. The van der Waals surface area contributed by atoms with Crippen molar-refractivity contribution >= 4 is 54.0 Å². The first-order valence-electron chi connectivity index (χ1n) is 8.28. The molecule has 2 heterocycles. The molecule has 0 saturated carbocycles. The lowest BCUT2D eigenvalue weighted by Crippen LogP contribution is -1.92. The molecule has 0 radical (unpaired) electrons. The van der Waals surface area contributed by atoms with E-state index in [9.17, 15) is 0 Å². The summed E-state index contributed by atoms with van der Waals surface area (Å²) in [5, 5.41) is 13.5. The highest BCUT2D eigenvalue weighted by Crippen LogP contribution is 2.43. The molecule has 4 rings (SSSR count). The molecule has 0 spiro atoms. The summed E-state index contributed by atoms with van der Waals surface area (Å²) in [5.74, 6) is 0.758. The van der Waals surface area contributed by atoms with Gasteiger partial charge in [0, 0.05) is 38.2 Å². The van der Waals surface area contributed by atoms with Crippen LogP contribution >= 0.6 is 43.2 Å². The van der Waals surface area contributed by atoms with Crippen LogP contribution in [0.15, 0.2) is 69.9 Å². The average molecular weight is 518 g/mol. The topological polar surface area (TPSA) is 59.9 Å². The number of nitrogens with zero attached hydrogens (tertiary/aromatic N) is 3. The van der Waals surface area contributed by atoms with Gasteiger partial charge in [0.05, 0.1) is 7.11 Å². The fourth-order valence-electron chi connectivity index (χ4n) is 2.77. The fraction of sp³-hybridized carbons (Fsp3) is 0.0500. The molecule has 8 heteroatoms. The van der Waals surface area contributed by atoms with Crippen molar-refractivity contribution in [3.05, 3.63) is 69.9 Å². The van der Waals surface area contributed by atoms with E-state index in [1.165, 1.54) is 11.3 Å². The Morgan fingerprint density at radius 2 is 1.68 bits per heavy atom. The molecule has 0 amide bonds. The number of ether oxygens (including phenoxy) is 1. The van der Waals surface area contributed by atoms with Crippen LogP contribution in [0.25, 0.3) is 21.7 Å². The van der Waals surface area contributed by atoms with E-state index in [0.29, 0.717) is 0 Å². The highest BCUT2D eigenvalue weighted by atomic mass is 79.9. The van der Waals surface area contributed by atoms with Crippen LogP contribution in [0.2, 0.25) is 0 Å². The molecule has 1 N–H and O–H groups in total. The summed E-state index contributed by atoms with van der Waals surface area (Å²) in [6.45, 7) is 0. The predicted molar refractivity (Wildman–Crippen MR) is 120 cm³/mol. The summed E-state index contributed by atoms with van der Waals surface area (Å²) < 4.78 is 7.58. The fourth-order valence-corrected chi connectivity index (χ4v) is 4.25. The Morgan fingerprint density at radius 3 is 2.39 bits per heavy atom. The number of aromatic nitrogens is 3. The molecule has 2 aromatic heterocycles. The van der Waals surface area contributed by atoms with Crippen LogP contribution in [0, 0.1) is 0 Å². The summed E-state index contributed by atoms with van der Waals surface area (Å²) >= 11 is 8.50. The van der Waals surface area contributed by atoms with Gasteiger partial charge in [-0.15, -0.1) is 10.2 Å². The Morgan fingerprint density at radius 1 is 0.929 bits per heavy atom. The Bertz CT molecular complexity index is 1100. The normalized spacial score (nSPS) is 10.7. The number of rotatable bonds is 5. The van der Waals surface area contributed by atoms with Crippen molar-refractivity contribution in [2.24, 2.45) is 0 Å². The smallest absolute Gasteiger partial charge is 0.210 e. The van der Waals surface area contributed by atoms with E-state index in [1.807, 2.05) is 48.5 Å². The van der Waals surface area contributed by atoms with Gasteiger partial charge in [-0.2, -0.15) is 0 Å². The predicted octanol–water partition coefficient (Wildman–Crippen LogP) is 6.54. The summed E-state index contributed by atoms with van der Waals surface area (Å²) in [6.07, 6.45) is 3.53. The summed E-state index contributed by atoms with van der Waals surface area (Å²) in [5.41, 5.74) is 3.86. The van der Waals surface area contributed by atoms with Crippen molar-refractivity contribution in [3.8, 4) is 27.4 Å². The Hall–Kier alpha value is -2.29. The van der Waals surface area contributed by atoms with Crippen molar-refractivity contribution in [2.45, 2.75) is 0 Å². The number of hydrogen-bond donors (Lipinski definition) is 1. The molecule has 0 unspecified atom stereocenters. The number of nitrogens with one attached hydrogen (secondary N) is 1. The SMILES string of the molecule is COc1cc(Br)cc(-c2nnc(Nc3ccc(Br)cc3)s2)c1-c1ccncc1. The second-order valence-electron chi connectivity index (χ2n) is 5.81. The van der Waals surface area contributed by atoms with Gasteiger partial charge in [-0.25, -0.2) is 0 Å². The zero-order chi connectivity index (χ0) is 19.5. The summed E-state index contributed by atoms with van der Waals surface area (Å²) in [6, 6.07) is 15.8. The molecule has 0 saturated heterocycles. The number of halogens is 2. The zero-order valence-corrected chi connectivity index (χ0v) is 18.7. The molecule has 5 nitrogen and oxygen atoms in total. The van der Waals surface area contributed by atoms with Crippen LogP contribution in [-0.2, 0) is 0 Å². The third-order valence-corrected chi connectivity index (χ3v) is 5.87. The summed E-state index contributed by atoms with van der Waals surface area (Å²) in [7, 11) is 1.66. The molecule has 2 aromatic carbocycles. The van der Waals surface area contributed by atoms with E-state index in [1.54, 1.807) is 19.5 Å². The lowest BCUT2D eigenvalue weighted by Gasteiger charge is -2.13. The zero-order valence-electron chi connectivity index (χ0n) is 14.7. The maximum atomic E-state index is 5.64. The molecule has 0 aliphatic heterocycles. The van der Waals surface area contributed by atoms with Crippen LogP contribution in [0.4, 0.5) is 10.8 Å². The Balaban J connectivity index is 1.76. The van der Waals surface area contributed by atoms with Crippen molar-refractivity contribution in [1.29, 1.82) is 0 Å². The maximum Gasteiger partial charge on any atom is 0.210 e. The van der Waals surface area contributed by atoms with E-state index < -0.39 is 0 Å². The minimum Gasteiger partial charge on any atom is -0.496 e. The van der Waals surface area contributed by atoms with Crippen molar-refractivity contribution in [1.82, 2.24) is 15.2 Å². The molecule has 4 aromatic rings. The van der Waals surface area contributed by atoms with Gasteiger partial charge >= 0.3 is 0 Å². The van der Waals surface area contributed by atoms with Crippen LogP contribution in [-0.4, -0.2) is 22.3 Å². The molecule has 0 atom stereocenters. The molecule has 140 valence electrons. The van der Waals surface area contributed by atoms with Gasteiger partial charge in [0.15, 0.2) is 0 Å². The molecular formula is C20H14Br2N4OS. The first-order chi connectivity index (χ1) is 13.6. The van der Waals surface area contributed by atoms with Crippen molar-refractivity contribution in [3.63, 3.8) is 0 Å². The third kappa shape index (κ3) is 4.09. The average Bonchev–Trinajstić information content (AvgIpc) is 3.18. The molecule has 0 bridgehead atoms. The van der Waals surface area contributed by atoms with E-state index in [0.717, 1.165) is 47.2 Å². The van der Waals surface area contributed by atoms with E-state index in [-0.39, 0.29) is 0 Å². The van der Waals surface area contributed by atoms with Gasteiger partial charge in [-0.05, 0) is 54.1 Å². The second-order valence-corrected chi connectivity index (χ2v) is 8.62. The standard InChI is InChI=1S/C20H14Br2N4OS/c1-27-17-11-14(22)10-16(18(17)12-6-8-23-9-7-12)19-25-26-20(28-19)24-15-4-2-13(21)3-5-15/h2-11H,1H3,(H,24,26). The lowest BCUT2D eigenvalue weighted by molar-refractivity contribution is 0.416. The minimum atomic E-state index is 0.719. The molecule has 0 aliphatic carbocycles. The second kappa shape index (κ2) is 8.38. The number of hydrogen-bond acceptors (Lipinski definition) is 6. The number of pyridine rings is 1. The largest absolute Gasteiger partial charge is 0.496 e. The quantitative estimate of drug-likeness (QED) is 0.325. The minimum absolute atomic E-state index is 0.719. The summed E-state index contributed by atoms with van der Waals surface area (Å²) in [4.78, 5) is 4.11. The Labute approximate surface area is 183 Å². The number of anilines is 2. The number of methoxy groups -OCH3 is 1. The maximum absolute atomic E-state index is 5.64. The van der Waals surface area contributed by atoms with E-state index >= 15 is 0 Å². The van der Waals surface area contributed by atoms with Gasteiger partial charge in [-0.3, -0.25) is 4.98 Å². The molecular weight excluding hydrogens is 504 g/mol. The van der Waals surface area contributed by atoms with Crippen LogP contribution in [0.1, 0.15) is 0 Å². The highest BCUT2D eigenvalue weighted by Gasteiger charge is 2.18. The monoisotopic (exact) mass is 516 g/mol. The third-order valence-electron chi connectivity index (χ3n) is 4.01. The van der Waals surface area contributed by atoms with Gasteiger partial charge in [0.1, 0.15) is 10.8 Å². The lowest BCUT2D eigenvalue weighted by atomic mass is 10.00. The van der Waals surface area contributed by atoms with E-state index in [4.69, 9.17) is 4.74 Å². The van der Waals surface area contributed by atoms with Gasteiger partial charge in [0.25, 0.3) is 0 Å². The first-order valence-corrected chi connectivity index (χ1v) is 10.7. The first kappa shape index (κ1) is 19.0. The van der Waals surface area contributed by atoms with Crippen molar-refractivity contribution < 1.29 is 4.74 Å².